The number of imidazole rings is 1. The molecule has 6 aliphatic rings. The molecule has 2 saturated carbocycles. The number of rotatable bonds is 9. The highest BCUT2D eigenvalue weighted by Crippen LogP contribution is 2.64. The first kappa shape index (κ1) is 46.1. The number of anilines is 1. The molecule has 3 saturated heterocycles. The lowest BCUT2D eigenvalue weighted by Gasteiger charge is -2.50. The van der Waals surface area contributed by atoms with Gasteiger partial charge in [0.1, 0.15) is 11.5 Å². The Kier molecular flexibility index (Phi) is 12.2. The molecule has 2 aliphatic carbocycles. The number of nitrogens with zero attached hydrogens (tertiary/aromatic N) is 5. The summed E-state index contributed by atoms with van der Waals surface area (Å²) in [5.41, 5.74) is 1.71. The molecule has 4 aromatic rings. The third-order valence-corrected chi connectivity index (χ3v) is 17.0. The van der Waals surface area contributed by atoms with Crippen LogP contribution in [0.15, 0.2) is 53.5 Å². The molecule has 356 valence electrons. The summed E-state index contributed by atoms with van der Waals surface area (Å²) in [6.07, 6.45) is 9.34. The van der Waals surface area contributed by atoms with E-state index < -0.39 is 40.7 Å². The van der Waals surface area contributed by atoms with Crippen molar-refractivity contribution in [1.29, 1.82) is 0 Å². The molecule has 0 bridgehead atoms. The fraction of sp³-hybridized carbons (Fsp3) is 0.560. The van der Waals surface area contributed by atoms with Crippen LogP contribution >= 0.6 is 23.2 Å². The number of hydrogen-bond acceptors (Lipinski definition) is 9. The number of nitrogens with one attached hydrogen (secondary N) is 4. The van der Waals surface area contributed by atoms with Gasteiger partial charge in [-0.05, 0) is 123 Å². The molecule has 4 amide bonds. The maximum Gasteiger partial charge on any atom is 0.329 e. The van der Waals surface area contributed by atoms with Gasteiger partial charge in [0.15, 0.2) is 11.0 Å². The van der Waals surface area contributed by atoms with Crippen molar-refractivity contribution in [2.75, 3.05) is 44.6 Å². The van der Waals surface area contributed by atoms with Crippen LogP contribution in [0.3, 0.4) is 0 Å². The van der Waals surface area contributed by atoms with Crippen molar-refractivity contribution in [3.8, 4) is 0 Å². The number of benzene rings is 2. The van der Waals surface area contributed by atoms with Gasteiger partial charge in [-0.15, -0.1) is 0 Å². The SMILES string of the molecule is Cn1c(=O)n(C2CCC(=O)NC2=O)c2ccc(CCN3CCN(CC4CCC(NC(=O)[C@@H]5NC6(CCC(C)(C)CC6)[C@@]6(C(=O)Nc7cc(Cl)ccc76)[C@H]5c5ccnc(Cl)c5F)CC4)CC3)cc21. The Balaban J connectivity index is 0.767. The zero-order valence-electron chi connectivity index (χ0n) is 38.4. The Bertz CT molecular complexity index is 2700. The molecule has 4 N–H and O–H groups in total. The van der Waals surface area contributed by atoms with Gasteiger partial charge in [0.05, 0.1) is 17.1 Å². The van der Waals surface area contributed by atoms with Gasteiger partial charge in [-0.25, -0.2) is 14.2 Å². The number of imide groups is 1. The van der Waals surface area contributed by atoms with E-state index in [9.17, 15) is 24.0 Å². The summed E-state index contributed by atoms with van der Waals surface area (Å²) in [4.78, 5) is 76.3. The van der Waals surface area contributed by atoms with E-state index >= 15 is 4.39 Å². The molecular formula is C50H60Cl2FN9O5. The smallest absolute Gasteiger partial charge is 0.329 e. The molecular weight excluding hydrogens is 897 g/mol. The lowest BCUT2D eigenvalue weighted by molar-refractivity contribution is -0.136. The number of fused-ring (bicyclic) bond motifs is 4. The van der Waals surface area contributed by atoms with Crippen LogP contribution in [0, 0.1) is 17.2 Å². The van der Waals surface area contributed by atoms with Crippen LogP contribution in [-0.2, 0) is 38.1 Å². The molecule has 17 heteroatoms. The molecule has 2 spiro atoms. The van der Waals surface area contributed by atoms with Gasteiger partial charge in [-0.3, -0.25) is 38.9 Å². The number of aromatic nitrogens is 3. The highest BCUT2D eigenvalue weighted by molar-refractivity contribution is 6.31. The Morgan fingerprint density at radius 3 is 2.34 bits per heavy atom. The van der Waals surface area contributed by atoms with E-state index in [1.54, 1.807) is 29.8 Å². The van der Waals surface area contributed by atoms with Gasteiger partial charge in [-0.2, -0.15) is 0 Å². The van der Waals surface area contributed by atoms with E-state index in [4.69, 9.17) is 23.2 Å². The Morgan fingerprint density at radius 2 is 1.61 bits per heavy atom. The number of halogens is 3. The van der Waals surface area contributed by atoms with Crippen molar-refractivity contribution < 1.29 is 23.6 Å². The first-order valence-electron chi connectivity index (χ1n) is 24.1. The van der Waals surface area contributed by atoms with Crippen LogP contribution in [0.25, 0.3) is 11.0 Å². The molecule has 4 atom stereocenters. The van der Waals surface area contributed by atoms with Crippen molar-refractivity contribution in [2.24, 2.45) is 18.4 Å². The molecule has 10 rings (SSSR count). The largest absolute Gasteiger partial charge is 0.352 e. The number of hydrogen-bond donors (Lipinski definition) is 4. The number of carbonyl (C=O) groups is 4. The van der Waals surface area contributed by atoms with Crippen LogP contribution in [-0.4, -0.2) is 104 Å². The van der Waals surface area contributed by atoms with Crippen LogP contribution in [0.4, 0.5) is 10.1 Å². The van der Waals surface area contributed by atoms with Crippen LogP contribution in [0.2, 0.25) is 10.2 Å². The number of pyridine rings is 1. The number of aryl methyl sites for hydroxylation is 1. The average Bonchev–Trinajstić information content (AvgIpc) is 3.86. The summed E-state index contributed by atoms with van der Waals surface area (Å²) in [6, 6.07) is 11.3. The fourth-order valence-corrected chi connectivity index (χ4v) is 13.1. The lowest BCUT2D eigenvalue weighted by Crippen LogP contribution is -2.61. The van der Waals surface area contributed by atoms with Gasteiger partial charge in [-0.1, -0.05) is 49.2 Å². The van der Waals surface area contributed by atoms with Gasteiger partial charge >= 0.3 is 5.69 Å². The molecule has 6 heterocycles. The molecule has 0 radical (unpaired) electrons. The predicted octanol–water partition coefficient (Wildman–Crippen LogP) is 5.98. The summed E-state index contributed by atoms with van der Waals surface area (Å²) >= 11 is 12.8. The first-order valence-corrected chi connectivity index (χ1v) is 24.8. The normalized spacial score (nSPS) is 28.5. The third kappa shape index (κ3) is 8.09. The average molecular weight is 957 g/mol. The first-order chi connectivity index (χ1) is 32.1. The highest BCUT2D eigenvalue weighted by Gasteiger charge is 2.73. The third-order valence-electron chi connectivity index (χ3n) is 16.5. The van der Waals surface area contributed by atoms with E-state index in [2.05, 4.69) is 49.9 Å². The summed E-state index contributed by atoms with van der Waals surface area (Å²) in [5, 5.41) is 12.8. The second-order valence-corrected chi connectivity index (χ2v) is 21.7. The topological polar surface area (TPSA) is 163 Å². The van der Waals surface area contributed by atoms with Crippen molar-refractivity contribution in [3.05, 3.63) is 91.8 Å². The summed E-state index contributed by atoms with van der Waals surface area (Å²) in [6.45, 7) is 10.3. The second-order valence-electron chi connectivity index (χ2n) is 20.9. The lowest BCUT2D eigenvalue weighted by atomic mass is 9.53. The maximum absolute atomic E-state index is 16.4. The summed E-state index contributed by atoms with van der Waals surface area (Å²) in [5.74, 6) is -2.36. The van der Waals surface area contributed by atoms with Gasteiger partial charge < -0.3 is 20.4 Å². The molecule has 2 aromatic heterocycles. The van der Waals surface area contributed by atoms with Gasteiger partial charge in [0, 0.05) is 87.1 Å². The number of piperazine rings is 1. The Morgan fingerprint density at radius 1 is 0.881 bits per heavy atom. The van der Waals surface area contributed by atoms with E-state index in [1.807, 2.05) is 24.3 Å². The molecule has 1 unspecified atom stereocenters. The minimum Gasteiger partial charge on any atom is -0.352 e. The van der Waals surface area contributed by atoms with Crippen LogP contribution in [0.1, 0.15) is 107 Å². The molecule has 14 nitrogen and oxygen atoms in total. The van der Waals surface area contributed by atoms with Crippen LogP contribution < -0.4 is 27.0 Å². The van der Waals surface area contributed by atoms with Crippen molar-refractivity contribution in [3.63, 3.8) is 0 Å². The molecule has 4 aliphatic heterocycles. The summed E-state index contributed by atoms with van der Waals surface area (Å²) < 4.78 is 19.5. The second kappa shape index (κ2) is 17.7. The highest BCUT2D eigenvalue weighted by atomic mass is 35.5. The van der Waals surface area contributed by atoms with E-state index in [0.717, 1.165) is 101 Å². The fourth-order valence-electron chi connectivity index (χ4n) is 12.7. The monoisotopic (exact) mass is 955 g/mol. The zero-order chi connectivity index (χ0) is 47.0. The van der Waals surface area contributed by atoms with E-state index in [0.29, 0.717) is 41.4 Å². The minimum absolute atomic E-state index is 0.0400. The molecule has 2 aromatic carbocycles. The molecule has 5 fully saturated rings. The van der Waals surface area contributed by atoms with Gasteiger partial charge in [0.2, 0.25) is 23.6 Å². The quantitative estimate of drug-likeness (QED) is 0.117. The Hall–Kier alpha value is -4.67. The number of carbonyl (C=O) groups excluding carboxylic acids is 4. The van der Waals surface area contributed by atoms with Crippen LogP contribution in [0.5, 0.6) is 0 Å². The number of piperidine rings is 1. The van der Waals surface area contributed by atoms with Crippen molar-refractivity contribution in [2.45, 2.75) is 119 Å². The van der Waals surface area contributed by atoms with Crippen molar-refractivity contribution in [1.82, 2.24) is 39.9 Å². The van der Waals surface area contributed by atoms with E-state index in [1.165, 1.54) is 10.8 Å². The maximum atomic E-state index is 16.4. The summed E-state index contributed by atoms with van der Waals surface area (Å²) in [7, 11) is 1.72. The predicted molar refractivity (Wildman–Crippen MR) is 255 cm³/mol. The van der Waals surface area contributed by atoms with Crippen molar-refractivity contribution >= 4 is 63.6 Å². The van der Waals surface area contributed by atoms with E-state index in [-0.39, 0.29) is 52.0 Å². The standard InChI is InChI=1S/C50H60Cl2FN9O5/c1-48(2)16-18-49(19-17-48)50(34-10-7-31(51)27-35(34)56-46(50)66)40(33-14-20-54-43(52)41(33)53)42(58-49)45(65)55-32-8-4-30(5-9-32)28-61-24-22-60(23-25-61)21-15-29-6-11-36-38(26-29)59(3)47(67)62(36)37-12-13-39(63)57-44(37)64/h6-7,10-11,14,20,26-27,30,32,37,40,42,58H,4-5,8-9,12-13,15-19,21-25,28H2,1-3H3,(H,55,65)(H,56,66)(H,57,63,64)/t30?,32?,37?,40-,42+,50+/m0/s1. The van der Waals surface area contributed by atoms with Gasteiger partial charge in [0.25, 0.3) is 0 Å². The molecule has 67 heavy (non-hydrogen) atoms. The Labute approximate surface area is 399 Å². The minimum atomic E-state index is -1.32. The number of amides is 4. The zero-order valence-corrected chi connectivity index (χ0v) is 39.9.